The fourth-order valence-corrected chi connectivity index (χ4v) is 4.51. The molecule has 1 aromatic carbocycles. The Hall–Kier alpha value is -2.32. The summed E-state index contributed by atoms with van der Waals surface area (Å²) in [4.78, 5) is 25.8. The van der Waals surface area contributed by atoms with Gasteiger partial charge in [0.05, 0.1) is 17.2 Å². The number of amides is 1. The fraction of sp³-hybridized carbons (Fsp3) is 0.350. The number of nitrogens with zero attached hydrogens (tertiary/aromatic N) is 3. The molecule has 4 rings (SSSR count). The van der Waals surface area contributed by atoms with Gasteiger partial charge in [-0.05, 0) is 29.9 Å². The summed E-state index contributed by atoms with van der Waals surface area (Å²) in [6, 6.07) is 14.3. The van der Waals surface area contributed by atoms with Crippen molar-refractivity contribution in [2.75, 3.05) is 12.3 Å². The summed E-state index contributed by atoms with van der Waals surface area (Å²) in [6.45, 7) is 0.780. The standard InChI is InChI=1S/C20H22N4O2S2/c25-18(14-27-13-15-5-2-1-3-6-15)21-10-11-23-20(26)24(16-8-9-16)19(22-23)17-7-4-12-28-17/h1-7,12,16H,8-11,13-14H2,(H,21,25). The van der Waals surface area contributed by atoms with Gasteiger partial charge in [0.1, 0.15) is 0 Å². The first-order valence-corrected chi connectivity index (χ1v) is 11.4. The number of rotatable bonds is 9. The molecule has 1 aliphatic rings. The average molecular weight is 415 g/mol. The Kier molecular flexibility index (Phi) is 5.97. The van der Waals surface area contributed by atoms with Gasteiger partial charge in [-0.3, -0.25) is 9.36 Å². The monoisotopic (exact) mass is 414 g/mol. The molecule has 2 heterocycles. The van der Waals surface area contributed by atoms with Gasteiger partial charge in [0.2, 0.25) is 5.91 Å². The van der Waals surface area contributed by atoms with E-state index in [1.807, 2.05) is 40.3 Å². The number of hydrogen-bond acceptors (Lipinski definition) is 5. The van der Waals surface area contributed by atoms with Crippen LogP contribution in [0.2, 0.25) is 0 Å². The lowest BCUT2D eigenvalue weighted by Gasteiger charge is -2.05. The molecule has 1 fully saturated rings. The van der Waals surface area contributed by atoms with E-state index in [1.165, 1.54) is 10.2 Å². The highest BCUT2D eigenvalue weighted by molar-refractivity contribution is 7.99. The molecule has 0 spiro atoms. The molecule has 0 unspecified atom stereocenters. The third-order valence-corrected chi connectivity index (χ3v) is 6.38. The first kappa shape index (κ1) is 19.0. The molecule has 6 nitrogen and oxygen atoms in total. The molecule has 1 N–H and O–H groups in total. The van der Waals surface area contributed by atoms with Crippen LogP contribution in [0.5, 0.6) is 0 Å². The van der Waals surface area contributed by atoms with E-state index in [-0.39, 0.29) is 17.6 Å². The quantitative estimate of drug-likeness (QED) is 0.584. The minimum Gasteiger partial charge on any atom is -0.354 e. The van der Waals surface area contributed by atoms with Gasteiger partial charge in [0.15, 0.2) is 5.82 Å². The van der Waals surface area contributed by atoms with Gasteiger partial charge in [0, 0.05) is 18.3 Å². The molecule has 8 heteroatoms. The zero-order chi connectivity index (χ0) is 19.3. The first-order chi connectivity index (χ1) is 13.7. The van der Waals surface area contributed by atoms with Crippen LogP contribution in [0.1, 0.15) is 24.4 Å². The number of aromatic nitrogens is 3. The van der Waals surface area contributed by atoms with Crippen molar-refractivity contribution in [2.45, 2.75) is 31.2 Å². The van der Waals surface area contributed by atoms with Crippen molar-refractivity contribution < 1.29 is 4.79 Å². The van der Waals surface area contributed by atoms with Gasteiger partial charge < -0.3 is 5.32 Å². The lowest BCUT2D eigenvalue weighted by molar-refractivity contribution is -0.118. The van der Waals surface area contributed by atoms with Crippen molar-refractivity contribution in [3.8, 4) is 10.7 Å². The van der Waals surface area contributed by atoms with Crippen LogP contribution in [0.4, 0.5) is 0 Å². The number of carbonyl (C=O) groups is 1. The second-order valence-electron chi connectivity index (χ2n) is 6.74. The van der Waals surface area contributed by atoms with Crippen molar-refractivity contribution in [3.05, 3.63) is 63.9 Å². The van der Waals surface area contributed by atoms with Crippen molar-refractivity contribution in [3.63, 3.8) is 0 Å². The molecule has 0 bridgehead atoms. The largest absolute Gasteiger partial charge is 0.354 e. The van der Waals surface area contributed by atoms with Crippen LogP contribution < -0.4 is 11.0 Å². The Labute approximate surface area is 171 Å². The van der Waals surface area contributed by atoms with E-state index in [0.717, 1.165) is 29.3 Å². The van der Waals surface area contributed by atoms with Crippen LogP contribution in [0, 0.1) is 0 Å². The zero-order valence-corrected chi connectivity index (χ0v) is 17.0. The van der Waals surface area contributed by atoms with Crippen LogP contribution in [0.25, 0.3) is 10.7 Å². The third kappa shape index (κ3) is 4.56. The minimum atomic E-state index is -0.0846. The van der Waals surface area contributed by atoms with Crippen molar-refractivity contribution in [2.24, 2.45) is 0 Å². The molecule has 146 valence electrons. The van der Waals surface area contributed by atoms with Crippen LogP contribution in [0.3, 0.4) is 0 Å². The van der Waals surface area contributed by atoms with Crippen LogP contribution in [-0.2, 0) is 17.1 Å². The molecule has 0 radical (unpaired) electrons. The van der Waals surface area contributed by atoms with E-state index >= 15 is 0 Å². The van der Waals surface area contributed by atoms with E-state index in [4.69, 9.17) is 0 Å². The number of hydrogen-bond donors (Lipinski definition) is 1. The normalized spacial score (nSPS) is 13.6. The Morgan fingerprint density at radius 2 is 2.04 bits per heavy atom. The summed E-state index contributed by atoms with van der Waals surface area (Å²) in [5, 5.41) is 9.41. The van der Waals surface area contributed by atoms with Gasteiger partial charge >= 0.3 is 5.69 Å². The Morgan fingerprint density at radius 3 is 2.75 bits per heavy atom. The highest BCUT2D eigenvalue weighted by Gasteiger charge is 2.30. The molecule has 3 aromatic rings. The summed E-state index contributed by atoms with van der Waals surface area (Å²) in [6.07, 6.45) is 2.05. The molecule has 0 saturated heterocycles. The maximum atomic E-state index is 12.7. The predicted octanol–water partition coefficient (Wildman–Crippen LogP) is 3.16. The summed E-state index contributed by atoms with van der Waals surface area (Å²) < 4.78 is 3.29. The molecule has 1 aliphatic carbocycles. The number of nitrogens with one attached hydrogen (secondary N) is 1. The summed E-state index contributed by atoms with van der Waals surface area (Å²) in [7, 11) is 0. The smallest absolute Gasteiger partial charge is 0.346 e. The molecule has 0 atom stereocenters. The molecule has 28 heavy (non-hydrogen) atoms. The van der Waals surface area contributed by atoms with Crippen molar-refractivity contribution in [1.82, 2.24) is 19.7 Å². The van der Waals surface area contributed by atoms with E-state index in [2.05, 4.69) is 22.5 Å². The number of benzene rings is 1. The third-order valence-electron chi connectivity index (χ3n) is 4.51. The topological polar surface area (TPSA) is 68.9 Å². The summed E-state index contributed by atoms with van der Waals surface area (Å²) in [5.74, 6) is 1.94. The predicted molar refractivity (Wildman–Crippen MR) is 114 cm³/mol. The van der Waals surface area contributed by atoms with E-state index in [9.17, 15) is 9.59 Å². The zero-order valence-electron chi connectivity index (χ0n) is 15.4. The molecule has 2 aromatic heterocycles. The van der Waals surface area contributed by atoms with E-state index in [0.29, 0.717) is 18.8 Å². The second kappa shape index (κ2) is 8.79. The van der Waals surface area contributed by atoms with Gasteiger partial charge in [0.25, 0.3) is 0 Å². The van der Waals surface area contributed by atoms with Crippen LogP contribution >= 0.6 is 23.1 Å². The highest BCUT2D eigenvalue weighted by Crippen LogP contribution is 2.37. The van der Waals surface area contributed by atoms with Crippen molar-refractivity contribution >= 4 is 29.0 Å². The van der Waals surface area contributed by atoms with Crippen LogP contribution in [0.15, 0.2) is 52.6 Å². The SMILES string of the molecule is O=C(CSCc1ccccc1)NCCn1nc(-c2cccs2)n(C2CC2)c1=O. The van der Waals surface area contributed by atoms with Crippen LogP contribution in [-0.4, -0.2) is 32.6 Å². The molecular weight excluding hydrogens is 392 g/mol. The number of thioether (sulfide) groups is 1. The molecular formula is C20H22N4O2S2. The first-order valence-electron chi connectivity index (χ1n) is 9.34. The molecule has 0 aliphatic heterocycles. The number of thiophene rings is 1. The number of carbonyl (C=O) groups excluding carboxylic acids is 1. The van der Waals surface area contributed by atoms with Gasteiger partial charge in [-0.1, -0.05) is 36.4 Å². The maximum Gasteiger partial charge on any atom is 0.346 e. The lowest BCUT2D eigenvalue weighted by atomic mass is 10.2. The minimum absolute atomic E-state index is 0.0194. The summed E-state index contributed by atoms with van der Waals surface area (Å²) in [5.41, 5.74) is 1.12. The van der Waals surface area contributed by atoms with Gasteiger partial charge in [-0.2, -0.15) is 0 Å². The molecule has 1 saturated carbocycles. The maximum absolute atomic E-state index is 12.7. The average Bonchev–Trinajstić information content (AvgIpc) is 3.28. The van der Waals surface area contributed by atoms with Gasteiger partial charge in [-0.25, -0.2) is 9.48 Å². The lowest BCUT2D eigenvalue weighted by Crippen LogP contribution is -2.33. The van der Waals surface area contributed by atoms with Crippen molar-refractivity contribution in [1.29, 1.82) is 0 Å². The second-order valence-corrected chi connectivity index (χ2v) is 8.67. The Bertz CT molecular complexity index is 976. The van der Waals surface area contributed by atoms with Gasteiger partial charge in [-0.15, -0.1) is 28.2 Å². The summed E-state index contributed by atoms with van der Waals surface area (Å²) >= 11 is 3.17. The Balaban J connectivity index is 1.30. The van der Waals surface area contributed by atoms with E-state index in [1.54, 1.807) is 23.1 Å². The molecule has 1 amide bonds. The fourth-order valence-electron chi connectivity index (χ4n) is 2.99. The highest BCUT2D eigenvalue weighted by atomic mass is 32.2. The van der Waals surface area contributed by atoms with E-state index < -0.39 is 0 Å². The Morgan fingerprint density at radius 1 is 1.21 bits per heavy atom.